The van der Waals surface area contributed by atoms with E-state index in [1.165, 1.54) is 76.0 Å². The van der Waals surface area contributed by atoms with Crippen molar-refractivity contribution in [1.82, 2.24) is 10.2 Å². The fourth-order valence-corrected chi connectivity index (χ4v) is 5.11. The Bertz CT molecular complexity index is 359. The molecule has 0 spiro atoms. The molecule has 3 aliphatic rings. The van der Waals surface area contributed by atoms with Gasteiger partial charge in [-0.2, -0.15) is 11.8 Å². The van der Waals surface area contributed by atoms with E-state index in [0.717, 1.165) is 6.54 Å². The maximum Gasteiger partial charge on any atom is 0.188 e. The van der Waals surface area contributed by atoms with Gasteiger partial charge in [-0.25, -0.2) is 0 Å². The zero-order valence-electron chi connectivity index (χ0n) is 13.6. The van der Waals surface area contributed by atoms with Crippen molar-refractivity contribution in [3.63, 3.8) is 0 Å². The van der Waals surface area contributed by atoms with Gasteiger partial charge in [-0.1, -0.05) is 25.7 Å². The first-order valence-corrected chi connectivity index (χ1v) is 9.83. The smallest absolute Gasteiger partial charge is 0.188 e. The van der Waals surface area contributed by atoms with Crippen LogP contribution in [-0.4, -0.2) is 53.6 Å². The predicted octanol–water partition coefficient (Wildman–Crippen LogP) is 2.81. The molecule has 6 heteroatoms. The molecule has 0 aromatic carbocycles. The zero-order chi connectivity index (χ0) is 14.5. The minimum absolute atomic E-state index is 0. The summed E-state index contributed by atoms with van der Waals surface area (Å²) in [5, 5.41) is 3.43. The van der Waals surface area contributed by atoms with Crippen LogP contribution in [0.5, 0.6) is 0 Å². The molecule has 4 nitrogen and oxygen atoms in total. The van der Waals surface area contributed by atoms with Gasteiger partial charge in [0.2, 0.25) is 0 Å². The van der Waals surface area contributed by atoms with E-state index in [2.05, 4.69) is 22.0 Å². The number of aliphatic imine (C=N–C) groups is 1. The highest BCUT2D eigenvalue weighted by Gasteiger charge is 2.39. The SMILES string of the molecule is I.NC(=NCC1(N2CCSCC2)CCCC1)NC1CCCC1. The monoisotopic (exact) mass is 438 g/mol. The molecule has 3 N–H and O–H groups in total. The Kier molecular flexibility index (Phi) is 7.60. The van der Waals surface area contributed by atoms with Crippen molar-refractivity contribution in [2.45, 2.75) is 62.9 Å². The number of halogens is 1. The van der Waals surface area contributed by atoms with Gasteiger partial charge in [0.1, 0.15) is 0 Å². The van der Waals surface area contributed by atoms with Crippen molar-refractivity contribution < 1.29 is 0 Å². The van der Waals surface area contributed by atoms with Crippen LogP contribution >= 0.6 is 35.7 Å². The first kappa shape index (κ1) is 18.6. The molecule has 128 valence electrons. The van der Waals surface area contributed by atoms with Gasteiger partial charge in [-0.05, 0) is 25.7 Å². The molecule has 1 heterocycles. The van der Waals surface area contributed by atoms with Crippen LogP contribution in [0, 0.1) is 0 Å². The van der Waals surface area contributed by atoms with Crippen LogP contribution in [0.25, 0.3) is 0 Å². The van der Waals surface area contributed by atoms with Gasteiger partial charge < -0.3 is 11.1 Å². The first-order chi connectivity index (χ1) is 10.3. The fourth-order valence-electron chi connectivity index (χ4n) is 4.20. The molecule has 0 amide bonds. The highest BCUT2D eigenvalue weighted by atomic mass is 127. The average Bonchev–Trinajstić information content (AvgIpc) is 3.18. The molecule has 2 saturated carbocycles. The van der Waals surface area contributed by atoms with E-state index in [-0.39, 0.29) is 24.0 Å². The van der Waals surface area contributed by atoms with Gasteiger partial charge >= 0.3 is 0 Å². The first-order valence-electron chi connectivity index (χ1n) is 8.68. The number of nitrogens with zero attached hydrogens (tertiary/aromatic N) is 2. The Morgan fingerprint density at radius 1 is 1.14 bits per heavy atom. The lowest BCUT2D eigenvalue weighted by Crippen LogP contribution is -2.53. The molecule has 0 bridgehead atoms. The van der Waals surface area contributed by atoms with Crippen molar-refractivity contribution >= 4 is 41.7 Å². The molecule has 1 aliphatic heterocycles. The standard InChI is InChI=1S/C16H30N4S.HI/c17-15(19-14-5-1-2-6-14)18-13-16(7-3-4-8-16)20-9-11-21-12-10-20;/h14H,1-13H2,(H3,17,18,19);1H. The molecule has 3 rings (SSSR count). The number of nitrogens with one attached hydrogen (secondary N) is 1. The summed E-state index contributed by atoms with van der Waals surface area (Å²) in [6, 6.07) is 0.569. The fraction of sp³-hybridized carbons (Fsp3) is 0.938. The van der Waals surface area contributed by atoms with Crippen LogP contribution in [0.3, 0.4) is 0 Å². The van der Waals surface area contributed by atoms with Crippen molar-refractivity contribution in [3.8, 4) is 0 Å². The summed E-state index contributed by atoms with van der Waals surface area (Å²) in [6.07, 6.45) is 10.5. The third-order valence-electron chi connectivity index (χ3n) is 5.47. The summed E-state index contributed by atoms with van der Waals surface area (Å²) in [7, 11) is 0. The largest absolute Gasteiger partial charge is 0.370 e. The van der Waals surface area contributed by atoms with Crippen molar-refractivity contribution in [2.75, 3.05) is 31.1 Å². The molecular weight excluding hydrogens is 407 g/mol. The van der Waals surface area contributed by atoms with Gasteiger partial charge in [-0.3, -0.25) is 9.89 Å². The van der Waals surface area contributed by atoms with Crippen molar-refractivity contribution in [1.29, 1.82) is 0 Å². The Morgan fingerprint density at radius 3 is 2.41 bits per heavy atom. The molecule has 0 aromatic rings. The number of hydrogen-bond acceptors (Lipinski definition) is 3. The maximum absolute atomic E-state index is 6.14. The Labute approximate surface area is 156 Å². The summed E-state index contributed by atoms with van der Waals surface area (Å²) in [5.74, 6) is 3.24. The average molecular weight is 438 g/mol. The minimum Gasteiger partial charge on any atom is -0.370 e. The van der Waals surface area contributed by atoms with Crippen LogP contribution < -0.4 is 11.1 Å². The summed E-state index contributed by atoms with van der Waals surface area (Å²) in [5.41, 5.74) is 6.44. The summed E-state index contributed by atoms with van der Waals surface area (Å²) < 4.78 is 0. The molecule has 0 atom stereocenters. The lowest BCUT2D eigenvalue weighted by Gasteiger charge is -2.42. The molecule has 0 unspecified atom stereocenters. The third-order valence-corrected chi connectivity index (χ3v) is 6.41. The van der Waals surface area contributed by atoms with E-state index in [1.54, 1.807) is 0 Å². The summed E-state index contributed by atoms with van der Waals surface area (Å²) in [6.45, 7) is 3.36. The van der Waals surface area contributed by atoms with E-state index in [1.807, 2.05) is 0 Å². The summed E-state index contributed by atoms with van der Waals surface area (Å²) in [4.78, 5) is 7.46. The van der Waals surface area contributed by atoms with E-state index < -0.39 is 0 Å². The van der Waals surface area contributed by atoms with Crippen LogP contribution in [0.4, 0.5) is 0 Å². The molecule has 2 aliphatic carbocycles. The van der Waals surface area contributed by atoms with E-state index in [0.29, 0.717) is 17.5 Å². The van der Waals surface area contributed by atoms with Crippen molar-refractivity contribution in [2.24, 2.45) is 10.7 Å². The topological polar surface area (TPSA) is 53.6 Å². The highest BCUT2D eigenvalue weighted by molar-refractivity contribution is 14.0. The maximum atomic E-state index is 6.14. The van der Waals surface area contributed by atoms with Gasteiger partial charge in [0.15, 0.2) is 5.96 Å². The zero-order valence-corrected chi connectivity index (χ0v) is 16.7. The second-order valence-electron chi connectivity index (χ2n) is 6.86. The Morgan fingerprint density at radius 2 is 1.77 bits per heavy atom. The molecule has 22 heavy (non-hydrogen) atoms. The Balaban J connectivity index is 0.00000176. The third kappa shape index (κ3) is 4.66. The molecule has 3 fully saturated rings. The number of thioether (sulfide) groups is 1. The van der Waals surface area contributed by atoms with Gasteiger partial charge in [0.05, 0.1) is 6.54 Å². The van der Waals surface area contributed by atoms with E-state index in [9.17, 15) is 0 Å². The minimum atomic E-state index is 0. The summed E-state index contributed by atoms with van der Waals surface area (Å²) >= 11 is 2.09. The van der Waals surface area contributed by atoms with Crippen LogP contribution in [0.15, 0.2) is 4.99 Å². The number of hydrogen-bond donors (Lipinski definition) is 2. The quantitative estimate of drug-likeness (QED) is 0.403. The molecule has 1 saturated heterocycles. The van der Waals surface area contributed by atoms with Crippen molar-refractivity contribution in [3.05, 3.63) is 0 Å². The van der Waals surface area contributed by atoms with E-state index >= 15 is 0 Å². The highest BCUT2D eigenvalue weighted by Crippen LogP contribution is 2.37. The van der Waals surface area contributed by atoms with Gasteiger partial charge in [0, 0.05) is 36.2 Å². The predicted molar refractivity (Wildman–Crippen MR) is 107 cm³/mol. The van der Waals surface area contributed by atoms with Gasteiger partial charge in [0.25, 0.3) is 0 Å². The lowest BCUT2D eigenvalue weighted by atomic mass is 9.95. The lowest BCUT2D eigenvalue weighted by molar-refractivity contribution is 0.112. The normalized spacial score (nSPS) is 26.8. The number of guanidine groups is 1. The Hall–Kier alpha value is 0.310. The number of rotatable bonds is 4. The van der Waals surface area contributed by atoms with E-state index in [4.69, 9.17) is 10.7 Å². The molecule has 0 aromatic heterocycles. The second-order valence-corrected chi connectivity index (χ2v) is 8.08. The molecule has 0 radical (unpaired) electrons. The molecular formula is C16H31IN4S. The number of nitrogens with two attached hydrogens (primary N) is 1. The second kappa shape index (κ2) is 8.97. The van der Waals surface area contributed by atoms with Crippen LogP contribution in [-0.2, 0) is 0 Å². The van der Waals surface area contributed by atoms with Crippen LogP contribution in [0.1, 0.15) is 51.4 Å². The van der Waals surface area contributed by atoms with Crippen LogP contribution in [0.2, 0.25) is 0 Å². The van der Waals surface area contributed by atoms with Gasteiger partial charge in [-0.15, -0.1) is 24.0 Å².